The van der Waals surface area contributed by atoms with Crippen LogP contribution in [0.25, 0.3) is 0 Å². The third-order valence-corrected chi connectivity index (χ3v) is 3.21. The van der Waals surface area contributed by atoms with E-state index in [1.54, 1.807) is 18.5 Å². The van der Waals surface area contributed by atoms with Gasteiger partial charge in [0, 0.05) is 24.6 Å². The van der Waals surface area contributed by atoms with Gasteiger partial charge in [-0.25, -0.2) is 4.39 Å². The lowest BCUT2D eigenvalue weighted by atomic mass is 10.0. The van der Waals surface area contributed by atoms with E-state index < -0.39 is 0 Å². The van der Waals surface area contributed by atoms with E-state index in [9.17, 15) is 4.39 Å². The van der Waals surface area contributed by atoms with Crippen LogP contribution in [0.15, 0.2) is 43.0 Å². The van der Waals surface area contributed by atoms with E-state index in [-0.39, 0.29) is 11.9 Å². The van der Waals surface area contributed by atoms with Crippen LogP contribution in [0, 0.1) is 5.82 Å². The predicted octanol–water partition coefficient (Wildman–Crippen LogP) is 3.29. The van der Waals surface area contributed by atoms with Crippen molar-refractivity contribution in [1.29, 1.82) is 0 Å². The Hall–Kier alpha value is -1.81. The number of rotatable bonds is 7. The number of halogens is 1. The van der Waals surface area contributed by atoms with Crippen molar-refractivity contribution in [2.24, 2.45) is 0 Å². The summed E-state index contributed by atoms with van der Waals surface area (Å²) in [6.07, 6.45) is 9.48. The van der Waals surface area contributed by atoms with Crippen molar-refractivity contribution >= 4 is 0 Å². The summed E-state index contributed by atoms with van der Waals surface area (Å²) in [7, 11) is 0. The summed E-state index contributed by atoms with van der Waals surface area (Å²) < 4.78 is 13.3. The number of aryl methyl sites for hydroxylation is 1. The molecule has 0 aromatic carbocycles. The number of aromatic nitrogens is 2. The highest BCUT2D eigenvalue weighted by molar-refractivity contribution is 5.16. The SMILES string of the molecule is CCCNC(CCc1cccnc1)c1cncc(F)c1. The maximum Gasteiger partial charge on any atom is 0.141 e. The molecule has 0 radical (unpaired) electrons. The molecule has 20 heavy (non-hydrogen) atoms. The number of hydrogen-bond acceptors (Lipinski definition) is 3. The van der Waals surface area contributed by atoms with E-state index in [4.69, 9.17) is 0 Å². The standard InChI is InChI=1S/C16H20FN3/c1-2-7-20-16(14-9-15(17)12-19-11-14)6-5-13-4-3-8-18-10-13/h3-4,8-12,16,20H,2,5-7H2,1H3. The third-order valence-electron chi connectivity index (χ3n) is 3.21. The number of nitrogens with one attached hydrogen (secondary N) is 1. The molecule has 2 aromatic heterocycles. The molecular formula is C16H20FN3. The zero-order chi connectivity index (χ0) is 14.2. The fourth-order valence-corrected chi connectivity index (χ4v) is 2.18. The van der Waals surface area contributed by atoms with Gasteiger partial charge in [0.15, 0.2) is 0 Å². The van der Waals surface area contributed by atoms with Gasteiger partial charge in [0.25, 0.3) is 0 Å². The lowest BCUT2D eigenvalue weighted by Crippen LogP contribution is -2.23. The molecule has 0 amide bonds. The highest BCUT2D eigenvalue weighted by Crippen LogP contribution is 2.19. The summed E-state index contributed by atoms with van der Waals surface area (Å²) in [4.78, 5) is 8.06. The number of nitrogens with zero attached hydrogens (tertiary/aromatic N) is 2. The summed E-state index contributed by atoms with van der Waals surface area (Å²) in [5.74, 6) is -0.285. The molecule has 1 atom stereocenters. The van der Waals surface area contributed by atoms with Crippen molar-refractivity contribution in [3.05, 3.63) is 59.9 Å². The first kappa shape index (κ1) is 14.6. The van der Waals surface area contributed by atoms with Crippen LogP contribution < -0.4 is 5.32 Å². The summed E-state index contributed by atoms with van der Waals surface area (Å²) >= 11 is 0. The first-order chi connectivity index (χ1) is 9.79. The third kappa shape index (κ3) is 4.38. The zero-order valence-electron chi connectivity index (χ0n) is 11.7. The first-order valence-corrected chi connectivity index (χ1v) is 7.02. The van der Waals surface area contributed by atoms with Crippen molar-refractivity contribution in [3.63, 3.8) is 0 Å². The van der Waals surface area contributed by atoms with Gasteiger partial charge < -0.3 is 5.32 Å². The molecule has 0 bridgehead atoms. The average molecular weight is 273 g/mol. The summed E-state index contributed by atoms with van der Waals surface area (Å²) in [6.45, 7) is 3.03. The van der Waals surface area contributed by atoms with Gasteiger partial charge in [0.1, 0.15) is 5.82 Å². The van der Waals surface area contributed by atoms with Gasteiger partial charge in [-0.3, -0.25) is 9.97 Å². The minimum absolute atomic E-state index is 0.123. The van der Waals surface area contributed by atoms with Gasteiger partial charge in [-0.15, -0.1) is 0 Å². The molecular weight excluding hydrogens is 253 g/mol. The number of hydrogen-bond donors (Lipinski definition) is 1. The second-order valence-corrected chi connectivity index (χ2v) is 4.84. The molecule has 2 heterocycles. The Morgan fingerprint density at radius 1 is 1.25 bits per heavy atom. The number of pyridine rings is 2. The van der Waals surface area contributed by atoms with Crippen LogP contribution in [-0.4, -0.2) is 16.5 Å². The van der Waals surface area contributed by atoms with Crippen LogP contribution in [0.1, 0.15) is 36.9 Å². The van der Waals surface area contributed by atoms with E-state index in [0.29, 0.717) is 0 Å². The van der Waals surface area contributed by atoms with E-state index in [1.807, 2.05) is 12.3 Å². The molecule has 1 unspecified atom stereocenters. The highest BCUT2D eigenvalue weighted by atomic mass is 19.1. The highest BCUT2D eigenvalue weighted by Gasteiger charge is 2.12. The lowest BCUT2D eigenvalue weighted by molar-refractivity contribution is 0.493. The molecule has 0 fully saturated rings. The van der Waals surface area contributed by atoms with Gasteiger partial charge in [-0.1, -0.05) is 13.0 Å². The second-order valence-electron chi connectivity index (χ2n) is 4.84. The van der Waals surface area contributed by atoms with Crippen LogP contribution in [0.2, 0.25) is 0 Å². The van der Waals surface area contributed by atoms with Crippen molar-refractivity contribution in [3.8, 4) is 0 Å². The largest absolute Gasteiger partial charge is 0.310 e. The van der Waals surface area contributed by atoms with Crippen LogP contribution in [-0.2, 0) is 6.42 Å². The van der Waals surface area contributed by atoms with Crippen molar-refractivity contribution in [2.45, 2.75) is 32.2 Å². The minimum atomic E-state index is -0.285. The molecule has 0 aliphatic heterocycles. The maximum absolute atomic E-state index is 13.3. The fraction of sp³-hybridized carbons (Fsp3) is 0.375. The van der Waals surface area contributed by atoms with Crippen molar-refractivity contribution in [1.82, 2.24) is 15.3 Å². The van der Waals surface area contributed by atoms with E-state index >= 15 is 0 Å². The summed E-state index contributed by atoms with van der Waals surface area (Å²) in [5, 5.41) is 3.46. The van der Waals surface area contributed by atoms with Gasteiger partial charge in [0.2, 0.25) is 0 Å². The normalized spacial score (nSPS) is 12.3. The summed E-state index contributed by atoms with van der Waals surface area (Å²) in [5.41, 5.74) is 2.10. The zero-order valence-corrected chi connectivity index (χ0v) is 11.7. The van der Waals surface area contributed by atoms with Crippen LogP contribution in [0.4, 0.5) is 4.39 Å². The van der Waals surface area contributed by atoms with Gasteiger partial charge in [-0.2, -0.15) is 0 Å². The Morgan fingerprint density at radius 2 is 2.15 bits per heavy atom. The predicted molar refractivity (Wildman–Crippen MR) is 77.8 cm³/mol. The van der Waals surface area contributed by atoms with Crippen molar-refractivity contribution in [2.75, 3.05) is 6.54 Å². The fourth-order valence-electron chi connectivity index (χ4n) is 2.18. The maximum atomic E-state index is 13.3. The first-order valence-electron chi connectivity index (χ1n) is 7.02. The Kier molecular flexibility index (Phi) is 5.62. The molecule has 2 aromatic rings. The molecule has 0 aliphatic rings. The average Bonchev–Trinajstić information content (AvgIpc) is 2.48. The smallest absolute Gasteiger partial charge is 0.141 e. The molecule has 0 aliphatic carbocycles. The van der Waals surface area contributed by atoms with Gasteiger partial charge in [0.05, 0.1) is 6.20 Å². The van der Waals surface area contributed by atoms with Gasteiger partial charge in [-0.05, 0) is 49.1 Å². The Balaban J connectivity index is 2.03. The molecule has 4 heteroatoms. The van der Waals surface area contributed by atoms with E-state index in [2.05, 4.69) is 28.3 Å². The van der Waals surface area contributed by atoms with Crippen LogP contribution in [0.3, 0.4) is 0 Å². The molecule has 2 rings (SSSR count). The quantitative estimate of drug-likeness (QED) is 0.841. The van der Waals surface area contributed by atoms with Crippen LogP contribution >= 0.6 is 0 Å². The minimum Gasteiger partial charge on any atom is -0.310 e. The van der Waals surface area contributed by atoms with Gasteiger partial charge >= 0.3 is 0 Å². The molecule has 0 saturated carbocycles. The molecule has 1 N–H and O–H groups in total. The molecule has 0 spiro atoms. The Labute approximate surface area is 119 Å². The van der Waals surface area contributed by atoms with Crippen LogP contribution in [0.5, 0.6) is 0 Å². The Morgan fingerprint density at radius 3 is 2.85 bits per heavy atom. The second kappa shape index (κ2) is 7.70. The topological polar surface area (TPSA) is 37.8 Å². The monoisotopic (exact) mass is 273 g/mol. The van der Waals surface area contributed by atoms with E-state index in [0.717, 1.165) is 31.4 Å². The van der Waals surface area contributed by atoms with Crippen molar-refractivity contribution < 1.29 is 4.39 Å². The Bertz CT molecular complexity index is 516. The molecule has 3 nitrogen and oxygen atoms in total. The molecule has 106 valence electrons. The molecule has 0 saturated heterocycles. The van der Waals surface area contributed by atoms with E-state index in [1.165, 1.54) is 11.8 Å². The summed E-state index contributed by atoms with van der Waals surface area (Å²) in [6, 6.07) is 5.68. The lowest BCUT2D eigenvalue weighted by Gasteiger charge is -2.18.